The zero-order chi connectivity index (χ0) is 25.6. The molecule has 0 aliphatic carbocycles. The van der Waals surface area contributed by atoms with Crippen molar-refractivity contribution in [3.63, 3.8) is 0 Å². The number of halogens is 8. The SMILES string of the molecule is FC(F)C(c1ccc(OC(F)(F)C(F)(F)Br)cc1)C(F)CCc1cccc(Oc2ccccc2)c1. The highest BCUT2D eigenvalue weighted by atomic mass is 79.9. The highest BCUT2D eigenvalue weighted by Crippen LogP contribution is 2.41. The molecule has 3 rings (SSSR count). The average molecular weight is 565 g/mol. The van der Waals surface area contributed by atoms with Gasteiger partial charge in [0.15, 0.2) is 0 Å². The Morgan fingerprint density at radius 1 is 0.743 bits per heavy atom. The molecule has 0 aliphatic rings. The maximum absolute atomic E-state index is 14.9. The smallest absolute Gasteiger partial charge is 0.457 e. The molecule has 188 valence electrons. The van der Waals surface area contributed by atoms with Crippen molar-refractivity contribution < 1.29 is 40.2 Å². The molecule has 0 amide bonds. The maximum Gasteiger partial charge on any atom is 0.475 e. The van der Waals surface area contributed by atoms with Gasteiger partial charge >= 0.3 is 10.9 Å². The summed E-state index contributed by atoms with van der Waals surface area (Å²) in [6.07, 6.45) is -10.0. The Kier molecular flexibility index (Phi) is 8.69. The second-order valence-corrected chi connectivity index (χ2v) is 8.66. The van der Waals surface area contributed by atoms with Gasteiger partial charge in [0.1, 0.15) is 23.4 Å². The van der Waals surface area contributed by atoms with Crippen molar-refractivity contribution in [1.82, 2.24) is 0 Å². The van der Waals surface area contributed by atoms with Crippen LogP contribution >= 0.6 is 15.9 Å². The highest BCUT2D eigenvalue weighted by Gasteiger charge is 2.57. The lowest BCUT2D eigenvalue weighted by Gasteiger charge is -2.23. The van der Waals surface area contributed by atoms with E-state index in [1.54, 1.807) is 48.5 Å². The van der Waals surface area contributed by atoms with E-state index in [4.69, 9.17) is 4.74 Å². The fraction of sp³-hybridized carbons (Fsp3) is 0.280. The molecule has 0 saturated heterocycles. The van der Waals surface area contributed by atoms with Crippen molar-refractivity contribution in [3.05, 3.63) is 90.0 Å². The molecule has 0 spiro atoms. The summed E-state index contributed by atoms with van der Waals surface area (Å²) < 4.78 is 104. The summed E-state index contributed by atoms with van der Waals surface area (Å²) in [4.78, 5) is -4.64. The third-order valence-electron chi connectivity index (χ3n) is 5.09. The van der Waals surface area contributed by atoms with Gasteiger partial charge in [0.25, 0.3) is 0 Å². The van der Waals surface area contributed by atoms with Crippen LogP contribution in [0.2, 0.25) is 0 Å². The molecule has 0 bridgehead atoms. The highest BCUT2D eigenvalue weighted by molar-refractivity contribution is 9.10. The molecule has 2 unspecified atom stereocenters. The summed E-state index contributed by atoms with van der Waals surface area (Å²) >= 11 is 1.53. The Balaban J connectivity index is 1.65. The molecule has 2 nitrogen and oxygen atoms in total. The Morgan fingerprint density at radius 2 is 1.37 bits per heavy atom. The molecule has 0 aliphatic heterocycles. The van der Waals surface area contributed by atoms with Crippen LogP contribution in [-0.4, -0.2) is 23.5 Å². The lowest BCUT2D eigenvalue weighted by atomic mass is 9.91. The van der Waals surface area contributed by atoms with Crippen molar-refractivity contribution >= 4 is 15.9 Å². The van der Waals surface area contributed by atoms with Gasteiger partial charge in [0.2, 0.25) is 6.43 Å². The topological polar surface area (TPSA) is 18.5 Å². The standard InChI is InChI=1S/C25H20BrF7O2/c26-24(30,31)25(32,33)35-19-12-10-17(11-13-19)22(23(28)29)21(27)14-9-16-5-4-8-20(15-16)34-18-6-2-1-3-7-18/h1-8,10-13,15,21-23H,9,14H2. The first-order chi connectivity index (χ1) is 16.5. The molecule has 0 saturated carbocycles. The lowest BCUT2D eigenvalue weighted by Crippen LogP contribution is -2.40. The van der Waals surface area contributed by atoms with Gasteiger partial charge in [-0.05, 0) is 60.4 Å². The quantitative estimate of drug-likeness (QED) is 0.171. The Morgan fingerprint density at radius 3 is 1.97 bits per heavy atom. The number of hydrogen-bond donors (Lipinski definition) is 0. The molecule has 0 aromatic heterocycles. The van der Waals surface area contributed by atoms with Crippen LogP contribution in [0.4, 0.5) is 30.7 Å². The van der Waals surface area contributed by atoms with E-state index in [0.29, 0.717) is 17.1 Å². The maximum atomic E-state index is 14.9. The number of rotatable bonds is 11. The van der Waals surface area contributed by atoms with E-state index in [1.165, 1.54) is 15.9 Å². The first-order valence-corrected chi connectivity index (χ1v) is 11.2. The van der Waals surface area contributed by atoms with Crippen LogP contribution in [0.3, 0.4) is 0 Å². The number of benzene rings is 3. The first kappa shape index (κ1) is 26.8. The Bertz CT molecular complexity index is 1070. The summed E-state index contributed by atoms with van der Waals surface area (Å²) in [5, 5.41) is 0. The summed E-state index contributed by atoms with van der Waals surface area (Å²) in [6.45, 7) is 0. The van der Waals surface area contributed by atoms with Crippen LogP contribution in [0.5, 0.6) is 17.2 Å². The molecule has 0 fully saturated rings. The fourth-order valence-electron chi connectivity index (χ4n) is 3.35. The van der Waals surface area contributed by atoms with Gasteiger partial charge in [0, 0.05) is 15.9 Å². The predicted octanol–water partition coefficient (Wildman–Crippen LogP) is 8.76. The van der Waals surface area contributed by atoms with Gasteiger partial charge in [-0.2, -0.15) is 17.6 Å². The van der Waals surface area contributed by atoms with Crippen LogP contribution in [-0.2, 0) is 6.42 Å². The van der Waals surface area contributed by atoms with Crippen molar-refractivity contribution in [2.75, 3.05) is 0 Å². The van der Waals surface area contributed by atoms with E-state index >= 15 is 0 Å². The van der Waals surface area contributed by atoms with E-state index in [2.05, 4.69) is 4.74 Å². The number of alkyl halides is 8. The second kappa shape index (κ2) is 11.3. The van der Waals surface area contributed by atoms with E-state index in [9.17, 15) is 30.7 Å². The van der Waals surface area contributed by atoms with E-state index < -0.39 is 35.2 Å². The number of ether oxygens (including phenoxy) is 2. The largest absolute Gasteiger partial charge is 0.475 e. The van der Waals surface area contributed by atoms with E-state index in [-0.39, 0.29) is 18.4 Å². The summed E-state index contributed by atoms with van der Waals surface area (Å²) in [7, 11) is 0. The first-order valence-electron chi connectivity index (χ1n) is 10.4. The molecular weight excluding hydrogens is 545 g/mol. The minimum Gasteiger partial charge on any atom is -0.457 e. The van der Waals surface area contributed by atoms with Gasteiger partial charge < -0.3 is 9.47 Å². The monoisotopic (exact) mass is 564 g/mol. The average Bonchev–Trinajstić information content (AvgIpc) is 2.79. The van der Waals surface area contributed by atoms with Crippen LogP contribution in [0.15, 0.2) is 78.9 Å². The molecule has 3 aromatic rings. The molecule has 2 atom stereocenters. The molecular formula is C25H20BrF7O2. The zero-order valence-corrected chi connectivity index (χ0v) is 19.6. The van der Waals surface area contributed by atoms with Crippen LogP contribution in [0.25, 0.3) is 0 Å². The Labute approximate surface area is 205 Å². The van der Waals surface area contributed by atoms with Gasteiger partial charge in [-0.1, -0.05) is 42.5 Å². The summed E-state index contributed by atoms with van der Waals surface area (Å²) in [6, 6.07) is 19.3. The molecule has 0 radical (unpaired) electrons. The number of hydrogen-bond acceptors (Lipinski definition) is 2. The predicted molar refractivity (Wildman–Crippen MR) is 121 cm³/mol. The zero-order valence-electron chi connectivity index (χ0n) is 18.0. The molecule has 35 heavy (non-hydrogen) atoms. The minimum atomic E-state index is -4.88. The van der Waals surface area contributed by atoms with Gasteiger partial charge in [-0.25, -0.2) is 13.2 Å². The lowest BCUT2D eigenvalue weighted by molar-refractivity contribution is -0.266. The Hall–Kier alpha value is -2.75. The van der Waals surface area contributed by atoms with Crippen molar-refractivity contribution in [1.29, 1.82) is 0 Å². The molecule has 0 N–H and O–H groups in total. The number of aryl methyl sites for hydroxylation is 1. The van der Waals surface area contributed by atoms with Crippen LogP contribution in [0, 0.1) is 0 Å². The van der Waals surface area contributed by atoms with Gasteiger partial charge in [-0.15, -0.1) is 0 Å². The van der Waals surface area contributed by atoms with E-state index in [0.717, 1.165) is 24.3 Å². The third-order valence-corrected chi connectivity index (χ3v) is 5.55. The van der Waals surface area contributed by atoms with Crippen LogP contribution in [0.1, 0.15) is 23.5 Å². The third kappa shape index (κ3) is 7.37. The molecule has 0 heterocycles. The van der Waals surface area contributed by atoms with Crippen molar-refractivity contribution in [2.45, 2.75) is 42.3 Å². The van der Waals surface area contributed by atoms with Crippen molar-refractivity contribution in [2.24, 2.45) is 0 Å². The normalized spacial score (nSPS) is 14.0. The fourth-order valence-corrected chi connectivity index (χ4v) is 3.43. The summed E-state index contributed by atoms with van der Waals surface area (Å²) in [5.41, 5.74) is 0.505. The summed E-state index contributed by atoms with van der Waals surface area (Å²) in [5.74, 6) is -1.41. The second-order valence-electron chi connectivity index (χ2n) is 7.66. The molecule has 10 heteroatoms. The van der Waals surface area contributed by atoms with E-state index in [1.807, 2.05) is 6.07 Å². The van der Waals surface area contributed by atoms with Crippen molar-refractivity contribution in [3.8, 4) is 17.2 Å². The van der Waals surface area contributed by atoms with Gasteiger partial charge in [0.05, 0.1) is 5.92 Å². The van der Waals surface area contributed by atoms with Gasteiger partial charge in [-0.3, -0.25) is 0 Å². The molecule has 3 aromatic carbocycles. The van der Waals surface area contributed by atoms with Crippen LogP contribution < -0.4 is 9.47 Å². The number of para-hydroxylation sites is 1. The minimum absolute atomic E-state index is 0.143.